The van der Waals surface area contributed by atoms with Crippen LogP contribution in [0.1, 0.15) is 50.6 Å². The summed E-state index contributed by atoms with van der Waals surface area (Å²) in [5, 5.41) is 3.14. The molecule has 3 heteroatoms. The van der Waals surface area contributed by atoms with Crippen LogP contribution in [0.4, 0.5) is 0 Å². The lowest BCUT2D eigenvalue weighted by Gasteiger charge is -2.30. The van der Waals surface area contributed by atoms with E-state index in [4.69, 9.17) is 5.73 Å². The Bertz CT molecular complexity index is 398. The SMILES string of the molecule is CC(N)CC(=O)NC(CC1CCC1)c1ccccc1. The van der Waals surface area contributed by atoms with Crippen molar-refractivity contribution in [3.8, 4) is 0 Å². The molecule has 1 aromatic carbocycles. The smallest absolute Gasteiger partial charge is 0.222 e. The summed E-state index contributed by atoms with van der Waals surface area (Å²) >= 11 is 0. The van der Waals surface area contributed by atoms with Crippen molar-refractivity contribution >= 4 is 5.91 Å². The Hall–Kier alpha value is -1.35. The van der Waals surface area contributed by atoms with Crippen LogP contribution in [0.25, 0.3) is 0 Å². The van der Waals surface area contributed by atoms with Crippen LogP contribution in [0.3, 0.4) is 0 Å². The molecule has 0 bridgehead atoms. The van der Waals surface area contributed by atoms with Crippen LogP contribution in [0.2, 0.25) is 0 Å². The summed E-state index contributed by atoms with van der Waals surface area (Å²) in [4.78, 5) is 11.9. The predicted molar refractivity (Wildman–Crippen MR) is 77.6 cm³/mol. The van der Waals surface area contributed by atoms with Crippen LogP contribution in [0, 0.1) is 5.92 Å². The molecule has 0 heterocycles. The van der Waals surface area contributed by atoms with Gasteiger partial charge in [0.25, 0.3) is 0 Å². The van der Waals surface area contributed by atoms with Gasteiger partial charge in [0.1, 0.15) is 0 Å². The van der Waals surface area contributed by atoms with E-state index in [-0.39, 0.29) is 18.0 Å². The van der Waals surface area contributed by atoms with E-state index in [2.05, 4.69) is 17.4 Å². The zero-order chi connectivity index (χ0) is 13.7. The molecule has 104 valence electrons. The molecule has 2 unspecified atom stereocenters. The van der Waals surface area contributed by atoms with Gasteiger partial charge in [0.05, 0.1) is 6.04 Å². The van der Waals surface area contributed by atoms with E-state index in [1.54, 1.807) is 0 Å². The Morgan fingerprint density at radius 3 is 2.58 bits per heavy atom. The molecule has 1 aliphatic carbocycles. The van der Waals surface area contributed by atoms with Gasteiger partial charge in [-0.05, 0) is 24.8 Å². The average molecular weight is 260 g/mol. The highest BCUT2D eigenvalue weighted by Gasteiger charge is 2.24. The molecule has 0 aromatic heterocycles. The molecule has 0 spiro atoms. The van der Waals surface area contributed by atoms with E-state index in [1.807, 2.05) is 25.1 Å². The van der Waals surface area contributed by atoms with Crippen molar-refractivity contribution in [1.29, 1.82) is 0 Å². The molecule has 2 atom stereocenters. The summed E-state index contributed by atoms with van der Waals surface area (Å²) < 4.78 is 0. The first-order valence-corrected chi connectivity index (χ1v) is 7.25. The number of hydrogen-bond acceptors (Lipinski definition) is 2. The molecular formula is C16H24N2O. The largest absolute Gasteiger partial charge is 0.349 e. The Balaban J connectivity index is 1.99. The van der Waals surface area contributed by atoms with Crippen molar-refractivity contribution < 1.29 is 4.79 Å². The van der Waals surface area contributed by atoms with E-state index in [0.717, 1.165) is 12.3 Å². The van der Waals surface area contributed by atoms with Crippen molar-refractivity contribution in [3.05, 3.63) is 35.9 Å². The van der Waals surface area contributed by atoms with Gasteiger partial charge < -0.3 is 11.1 Å². The van der Waals surface area contributed by atoms with E-state index in [0.29, 0.717) is 6.42 Å². The summed E-state index contributed by atoms with van der Waals surface area (Å²) in [6.07, 6.45) is 5.38. The van der Waals surface area contributed by atoms with Gasteiger partial charge in [-0.25, -0.2) is 0 Å². The fraction of sp³-hybridized carbons (Fsp3) is 0.562. The van der Waals surface area contributed by atoms with Gasteiger partial charge in [-0.1, -0.05) is 49.6 Å². The van der Waals surface area contributed by atoms with Crippen LogP contribution >= 0.6 is 0 Å². The number of nitrogens with two attached hydrogens (primary N) is 1. The third-order valence-corrected chi connectivity index (χ3v) is 3.84. The molecular weight excluding hydrogens is 236 g/mol. The second-order valence-corrected chi connectivity index (χ2v) is 5.74. The third kappa shape index (κ3) is 4.35. The number of carbonyl (C=O) groups excluding carboxylic acids is 1. The molecule has 1 saturated carbocycles. The first-order chi connectivity index (χ1) is 9.15. The Morgan fingerprint density at radius 1 is 1.37 bits per heavy atom. The maximum absolute atomic E-state index is 11.9. The van der Waals surface area contributed by atoms with Crippen LogP contribution in [-0.4, -0.2) is 11.9 Å². The van der Waals surface area contributed by atoms with Crippen molar-refractivity contribution in [2.45, 2.75) is 51.1 Å². The monoisotopic (exact) mass is 260 g/mol. The van der Waals surface area contributed by atoms with E-state index in [9.17, 15) is 4.79 Å². The van der Waals surface area contributed by atoms with Gasteiger partial charge in [0.15, 0.2) is 0 Å². The second kappa shape index (κ2) is 6.71. The predicted octanol–water partition coefficient (Wildman–Crippen LogP) is 2.77. The van der Waals surface area contributed by atoms with Crippen molar-refractivity contribution in [3.63, 3.8) is 0 Å². The highest BCUT2D eigenvalue weighted by atomic mass is 16.1. The fourth-order valence-electron chi connectivity index (χ4n) is 2.57. The van der Waals surface area contributed by atoms with Crippen molar-refractivity contribution in [2.24, 2.45) is 11.7 Å². The van der Waals surface area contributed by atoms with Gasteiger partial charge in [-0.15, -0.1) is 0 Å². The topological polar surface area (TPSA) is 55.1 Å². The summed E-state index contributed by atoms with van der Waals surface area (Å²) in [6, 6.07) is 10.3. The van der Waals surface area contributed by atoms with Crippen molar-refractivity contribution in [2.75, 3.05) is 0 Å². The molecule has 0 aliphatic heterocycles. The molecule has 1 aromatic rings. The summed E-state index contributed by atoms with van der Waals surface area (Å²) in [7, 11) is 0. The van der Waals surface area contributed by atoms with E-state index in [1.165, 1.54) is 24.8 Å². The highest BCUT2D eigenvalue weighted by molar-refractivity contribution is 5.77. The minimum absolute atomic E-state index is 0.0585. The molecule has 1 amide bonds. The Labute approximate surface area is 115 Å². The van der Waals surface area contributed by atoms with Gasteiger partial charge in [-0.2, -0.15) is 0 Å². The summed E-state index contributed by atoms with van der Waals surface area (Å²) in [6.45, 7) is 1.86. The maximum Gasteiger partial charge on any atom is 0.222 e. The third-order valence-electron chi connectivity index (χ3n) is 3.84. The van der Waals surface area contributed by atoms with Crippen LogP contribution in [-0.2, 0) is 4.79 Å². The average Bonchev–Trinajstić information content (AvgIpc) is 2.32. The van der Waals surface area contributed by atoms with Crippen LogP contribution in [0.15, 0.2) is 30.3 Å². The van der Waals surface area contributed by atoms with Gasteiger partial charge in [0, 0.05) is 12.5 Å². The zero-order valence-electron chi connectivity index (χ0n) is 11.6. The number of amides is 1. The lowest BCUT2D eigenvalue weighted by Crippen LogP contribution is -2.34. The molecule has 3 N–H and O–H groups in total. The lowest BCUT2D eigenvalue weighted by atomic mass is 9.79. The quantitative estimate of drug-likeness (QED) is 0.826. The minimum Gasteiger partial charge on any atom is -0.349 e. The highest BCUT2D eigenvalue weighted by Crippen LogP contribution is 2.34. The summed E-state index contributed by atoms with van der Waals surface area (Å²) in [5.74, 6) is 0.823. The molecule has 3 nitrogen and oxygen atoms in total. The maximum atomic E-state index is 11.9. The lowest BCUT2D eigenvalue weighted by molar-refractivity contribution is -0.122. The Morgan fingerprint density at radius 2 is 2.05 bits per heavy atom. The molecule has 0 saturated heterocycles. The molecule has 1 aliphatic rings. The molecule has 0 radical (unpaired) electrons. The van der Waals surface area contributed by atoms with Gasteiger partial charge in [-0.3, -0.25) is 4.79 Å². The molecule has 19 heavy (non-hydrogen) atoms. The number of rotatable bonds is 6. The first-order valence-electron chi connectivity index (χ1n) is 7.25. The number of hydrogen-bond donors (Lipinski definition) is 2. The standard InChI is InChI=1S/C16H24N2O/c1-12(17)10-16(19)18-15(11-13-6-5-7-13)14-8-3-2-4-9-14/h2-4,8-9,12-13,15H,5-7,10-11,17H2,1H3,(H,18,19). The molecule has 1 fully saturated rings. The number of carbonyl (C=O) groups is 1. The number of nitrogens with one attached hydrogen (secondary N) is 1. The van der Waals surface area contributed by atoms with E-state index < -0.39 is 0 Å². The molecule has 2 rings (SSSR count). The first kappa shape index (κ1) is 14.1. The van der Waals surface area contributed by atoms with Gasteiger partial charge >= 0.3 is 0 Å². The van der Waals surface area contributed by atoms with Crippen molar-refractivity contribution in [1.82, 2.24) is 5.32 Å². The van der Waals surface area contributed by atoms with Gasteiger partial charge in [0.2, 0.25) is 5.91 Å². The van der Waals surface area contributed by atoms with E-state index >= 15 is 0 Å². The normalized spacial score (nSPS) is 18.4. The second-order valence-electron chi connectivity index (χ2n) is 5.74. The summed E-state index contributed by atoms with van der Waals surface area (Å²) in [5.41, 5.74) is 6.89. The number of benzene rings is 1. The fourth-order valence-corrected chi connectivity index (χ4v) is 2.57. The van der Waals surface area contributed by atoms with Crippen LogP contribution in [0.5, 0.6) is 0 Å². The zero-order valence-corrected chi connectivity index (χ0v) is 11.6. The van der Waals surface area contributed by atoms with Crippen LogP contribution < -0.4 is 11.1 Å². The Kier molecular flexibility index (Phi) is 4.97. The minimum atomic E-state index is -0.0832.